The first kappa shape index (κ1) is 26.6. The van der Waals surface area contributed by atoms with Gasteiger partial charge in [-0.2, -0.15) is 26.3 Å². The highest BCUT2D eigenvalue weighted by Crippen LogP contribution is 2.35. The molecule has 12 heteroatoms. The number of carbonyl (C=O) groups excluding carboxylic acids is 1. The van der Waals surface area contributed by atoms with Gasteiger partial charge in [0.2, 0.25) is 0 Å². The van der Waals surface area contributed by atoms with Crippen molar-refractivity contribution in [1.29, 1.82) is 0 Å². The molecule has 1 atom stereocenters. The van der Waals surface area contributed by atoms with Gasteiger partial charge < -0.3 is 10.2 Å². The van der Waals surface area contributed by atoms with Crippen LogP contribution in [-0.4, -0.2) is 34.4 Å². The Labute approximate surface area is 201 Å². The van der Waals surface area contributed by atoms with Crippen LogP contribution >= 0.6 is 11.3 Å². The van der Waals surface area contributed by atoms with E-state index in [2.05, 4.69) is 15.3 Å². The van der Waals surface area contributed by atoms with Gasteiger partial charge in [0.25, 0.3) is 5.91 Å². The maximum atomic E-state index is 13.6. The predicted molar refractivity (Wildman–Crippen MR) is 119 cm³/mol. The van der Waals surface area contributed by atoms with Crippen molar-refractivity contribution in [2.24, 2.45) is 0 Å². The number of nitrogens with one attached hydrogen (secondary N) is 1. The molecule has 2 aromatic heterocycles. The van der Waals surface area contributed by atoms with Crippen molar-refractivity contribution < 1.29 is 31.1 Å². The van der Waals surface area contributed by atoms with E-state index in [1.165, 1.54) is 19.1 Å². The minimum Gasteiger partial charge on any atom is -0.345 e. The van der Waals surface area contributed by atoms with Gasteiger partial charge in [-0.1, -0.05) is 12.1 Å². The van der Waals surface area contributed by atoms with E-state index >= 15 is 0 Å². The molecule has 0 spiro atoms. The molecule has 5 nitrogen and oxygen atoms in total. The van der Waals surface area contributed by atoms with E-state index in [-0.39, 0.29) is 17.0 Å². The van der Waals surface area contributed by atoms with Crippen molar-refractivity contribution in [3.8, 4) is 0 Å². The molecule has 35 heavy (non-hydrogen) atoms. The highest BCUT2D eigenvalue weighted by atomic mass is 32.1. The van der Waals surface area contributed by atoms with Gasteiger partial charge >= 0.3 is 12.4 Å². The van der Waals surface area contributed by atoms with E-state index in [1.54, 1.807) is 12.4 Å². The molecule has 0 bridgehead atoms. The van der Waals surface area contributed by atoms with Gasteiger partial charge in [-0.15, -0.1) is 11.3 Å². The smallest absolute Gasteiger partial charge is 0.345 e. The van der Waals surface area contributed by atoms with Crippen LogP contribution in [0.5, 0.6) is 0 Å². The third kappa shape index (κ3) is 7.25. The number of benzene rings is 1. The lowest BCUT2D eigenvalue weighted by Gasteiger charge is -2.16. The SMILES string of the molecule is CC(NC(=O)c1sc(CCN(C)Cc2ccncc2)nc1C(F)(F)F)c1cccc(C(F)(F)F)c1. The molecule has 1 amide bonds. The lowest BCUT2D eigenvalue weighted by atomic mass is 10.0. The summed E-state index contributed by atoms with van der Waals surface area (Å²) in [4.78, 5) is 21.6. The Bertz CT molecular complexity index is 1150. The number of halogens is 6. The van der Waals surface area contributed by atoms with Gasteiger partial charge in [-0.05, 0) is 49.4 Å². The summed E-state index contributed by atoms with van der Waals surface area (Å²) in [5.74, 6) is -1.05. The number of pyridine rings is 1. The molecule has 3 rings (SSSR count). The van der Waals surface area contributed by atoms with Crippen LogP contribution in [0.4, 0.5) is 26.3 Å². The summed E-state index contributed by atoms with van der Waals surface area (Å²) in [6, 6.07) is 6.97. The summed E-state index contributed by atoms with van der Waals surface area (Å²) in [5.41, 5.74) is -1.11. The lowest BCUT2D eigenvalue weighted by molar-refractivity contribution is -0.141. The first-order chi connectivity index (χ1) is 16.3. The summed E-state index contributed by atoms with van der Waals surface area (Å²) in [6.45, 7) is 2.35. The van der Waals surface area contributed by atoms with E-state index < -0.39 is 40.4 Å². The molecule has 0 fully saturated rings. The second-order valence-corrected chi connectivity index (χ2v) is 9.03. The molecule has 0 aliphatic rings. The number of carbonyl (C=O) groups is 1. The van der Waals surface area contributed by atoms with E-state index in [0.29, 0.717) is 24.4 Å². The maximum absolute atomic E-state index is 13.6. The van der Waals surface area contributed by atoms with Crippen LogP contribution < -0.4 is 5.32 Å². The largest absolute Gasteiger partial charge is 0.435 e. The molecule has 1 aromatic carbocycles. The van der Waals surface area contributed by atoms with Gasteiger partial charge in [0.15, 0.2) is 5.69 Å². The van der Waals surface area contributed by atoms with Gasteiger partial charge in [0.1, 0.15) is 4.88 Å². The molecular weight excluding hydrogens is 494 g/mol. The van der Waals surface area contributed by atoms with Crippen molar-refractivity contribution in [1.82, 2.24) is 20.2 Å². The zero-order valence-electron chi connectivity index (χ0n) is 18.7. The highest BCUT2D eigenvalue weighted by Gasteiger charge is 2.40. The average molecular weight is 517 g/mol. The van der Waals surface area contributed by atoms with E-state index in [1.807, 2.05) is 24.1 Å². The van der Waals surface area contributed by atoms with Crippen LogP contribution in [0.25, 0.3) is 0 Å². The molecule has 0 aliphatic heterocycles. The monoisotopic (exact) mass is 516 g/mol. The summed E-state index contributed by atoms with van der Waals surface area (Å²) >= 11 is 0.628. The third-order valence-corrected chi connectivity index (χ3v) is 6.23. The van der Waals surface area contributed by atoms with Gasteiger partial charge in [0, 0.05) is 31.9 Å². The summed E-state index contributed by atoms with van der Waals surface area (Å²) in [5, 5.41) is 2.50. The standard InChI is InChI=1S/C23H22F6N4OS/c1-14(16-4-3-5-17(12-16)22(24,25)26)31-21(34)19-20(23(27,28)29)32-18(35-19)8-11-33(2)13-15-6-9-30-10-7-15/h3-7,9-10,12,14H,8,11,13H2,1-2H3,(H,31,34). The quantitative estimate of drug-likeness (QED) is 0.388. The zero-order chi connectivity index (χ0) is 25.8. The van der Waals surface area contributed by atoms with Gasteiger partial charge in [-0.25, -0.2) is 4.98 Å². The summed E-state index contributed by atoms with van der Waals surface area (Å²) in [7, 11) is 1.81. The second-order valence-electron chi connectivity index (χ2n) is 7.94. The number of aromatic nitrogens is 2. The fourth-order valence-electron chi connectivity index (χ4n) is 3.31. The minimum absolute atomic E-state index is 0.115. The normalized spacial score (nSPS) is 13.2. The molecule has 0 aliphatic carbocycles. The van der Waals surface area contributed by atoms with Crippen LogP contribution in [0.15, 0.2) is 48.8 Å². The number of amides is 1. The second kappa shape index (κ2) is 10.7. The fraction of sp³-hybridized carbons (Fsp3) is 0.348. The Morgan fingerprint density at radius 3 is 2.40 bits per heavy atom. The first-order valence-corrected chi connectivity index (χ1v) is 11.3. The van der Waals surface area contributed by atoms with E-state index in [4.69, 9.17) is 0 Å². The van der Waals surface area contributed by atoms with E-state index in [9.17, 15) is 31.1 Å². The Morgan fingerprint density at radius 2 is 1.77 bits per heavy atom. The van der Waals surface area contributed by atoms with Crippen molar-refractivity contribution in [3.63, 3.8) is 0 Å². The van der Waals surface area contributed by atoms with Crippen molar-refractivity contribution in [2.75, 3.05) is 13.6 Å². The highest BCUT2D eigenvalue weighted by molar-refractivity contribution is 7.13. The molecular formula is C23H22F6N4OS. The molecule has 3 aromatic rings. The molecule has 1 N–H and O–H groups in total. The van der Waals surface area contributed by atoms with Crippen LogP contribution in [0.2, 0.25) is 0 Å². The first-order valence-electron chi connectivity index (χ1n) is 10.5. The van der Waals surface area contributed by atoms with Crippen molar-refractivity contribution in [2.45, 2.75) is 38.3 Å². The maximum Gasteiger partial charge on any atom is 0.435 e. The van der Waals surface area contributed by atoms with Crippen LogP contribution in [0.1, 0.15) is 50.0 Å². The summed E-state index contributed by atoms with van der Waals surface area (Å²) in [6.07, 6.45) is -5.97. The molecule has 2 heterocycles. The Balaban J connectivity index is 1.72. The van der Waals surface area contributed by atoms with Crippen molar-refractivity contribution >= 4 is 17.2 Å². The number of hydrogen-bond acceptors (Lipinski definition) is 5. The number of likely N-dealkylation sites (N-methyl/N-ethyl adjacent to an activating group) is 1. The fourth-order valence-corrected chi connectivity index (χ4v) is 4.29. The van der Waals surface area contributed by atoms with Crippen LogP contribution in [0.3, 0.4) is 0 Å². The molecule has 1 unspecified atom stereocenters. The zero-order valence-corrected chi connectivity index (χ0v) is 19.6. The summed E-state index contributed by atoms with van der Waals surface area (Å²) < 4.78 is 79.6. The predicted octanol–water partition coefficient (Wildman–Crippen LogP) is 5.74. The van der Waals surface area contributed by atoms with Crippen LogP contribution in [-0.2, 0) is 25.3 Å². The van der Waals surface area contributed by atoms with Gasteiger partial charge in [0.05, 0.1) is 16.6 Å². The van der Waals surface area contributed by atoms with E-state index in [0.717, 1.165) is 17.7 Å². The van der Waals surface area contributed by atoms with Gasteiger partial charge in [-0.3, -0.25) is 9.78 Å². The number of hydrogen-bond donors (Lipinski definition) is 1. The lowest BCUT2D eigenvalue weighted by Crippen LogP contribution is -2.28. The number of alkyl halides is 6. The Morgan fingerprint density at radius 1 is 1.09 bits per heavy atom. The van der Waals surface area contributed by atoms with Crippen molar-refractivity contribution in [3.05, 3.63) is 81.1 Å². The molecule has 0 saturated heterocycles. The Hall–Kier alpha value is -2.99. The minimum atomic E-state index is -4.86. The Kier molecular flexibility index (Phi) is 8.16. The number of thiazole rings is 1. The number of rotatable bonds is 8. The molecule has 188 valence electrons. The third-order valence-electron chi connectivity index (χ3n) is 5.12. The average Bonchev–Trinajstić information content (AvgIpc) is 3.23. The van der Waals surface area contributed by atoms with Crippen LogP contribution in [0, 0.1) is 0 Å². The number of nitrogens with zero attached hydrogens (tertiary/aromatic N) is 3. The topological polar surface area (TPSA) is 58.1 Å². The molecule has 0 saturated carbocycles. The molecule has 0 radical (unpaired) electrons.